The van der Waals surface area contributed by atoms with Gasteiger partial charge in [-0.05, 0) is 114 Å². The van der Waals surface area contributed by atoms with Gasteiger partial charge in [-0.1, -0.05) is 171 Å². The Morgan fingerprint density at radius 1 is 0.463 bits per heavy atom. The molecule has 10 aromatic rings. The van der Waals surface area contributed by atoms with E-state index in [2.05, 4.69) is 225 Å². The Morgan fingerprint density at radius 3 is 1.78 bits per heavy atom. The van der Waals surface area contributed by atoms with E-state index in [0.29, 0.717) is 11.4 Å². The van der Waals surface area contributed by atoms with Gasteiger partial charge in [0.05, 0.1) is 16.6 Å². The number of phenolic OH excluding ortho intramolecular Hbond substituents is 1. The first kappa shape index (κ1) is 45.5. The van der Waals surface area contributed by atoms with Crippen LogP contribution in [-0.2, 0) is 37.3 Å². The molecule has 2 heterocycles. The summed E-state index contributed by atoms with van der Waals surface area (Å²) in [5, 5.41) is 15.3. The van der Waals surface area contributed by atoms with E-state index in [0.717, 1.165) is 77.7 Å². The van der Waals surface area contributed by atoms with Crippen LogP contribution in [0.4, 0.5) is 0 Å². The number of hydrogen-bond donors (Lipinski definition) is 1. The molecule has 67 heavy (non-hydrogen) atoms. The van der Waals surface area contributed by atoms with Crippen LogP contribution in [0.5, 0.6) is 5.75 Å². The Bertz CT molecular complexity index is 3470. The van der Waals surface area contributed by atoms with Crippen LogP contribution in [0.15, 0.2) is 170 Å². The molecule has 336 valence electrons. The van der Waals surface area contributed by atoms with Crippen LogP contribution in [0.3, 0.4) is 0 Å². The molecule has 0 aliphatic carbocycles. The topological polar surface area (TPSA) is 50.9 Å². The number of aromatic hydroxyl groups is 1. The van der Waals surface area contributed by atoms with Crippen molar-refractivity contribution in [1.82, 2.24) is 14.5 Å². The minimum Gasteiger partial charge on any atom is -0.507 e. The predicted octanol–water partition coefficient (Wildman–Crippen LogP) is 16.5. The maximum atomic E-state index is 11.8. The molecule has 0 amide bonds. The van der Waals surface area contributed by atoms with E-state index < -0.39 is 0 Å². The van der Waals surface area contributed by atoms with E-state index in [-0.39, 0.29) is 43.1 Å². The normalized spacial score (nSPS) is 12.2. The molecular weight excluding hydrogens is 998 g/mol. The molecule has 2 aromatic heterocycles. The summed E-state index contributed by atoms with van der Waals surface area (Å²) in [5.41, 5.74) is 16.0. The molecule has 5 heteroatoms. The third kappa shape index (κ3) is 8.65. The van der Waals surface area contributed by atoms with E-state index in [1.54, 1.807) is 0 Å². The zero-order valence-corrected chi connectivity index (χ0v) is 42.0. The third-order valence-electron chi connectivity index (χ3n) is 13.1. The fraction of sp³-hybridized carbons (Fsp3) is 0.194. The zero-order valence-electron chi connectivity index (χ0n) is 39.8. The number of imidazole rings is 1. The molecule has 0 atom stereocenters. The number of fused-ring (bicyclic) bond motifs is 3. The molecule has 0 unspecified atom stereocenters. The van der Waals surface area contributed by atoms with Crippen molar-refractivity contribution < 1.29 is 26.2 Å². The summed E-state index contributed by atoms with van der Waals surface area (Å²) in [4.78, 5) is 10.7. The van der Waals surface area contributed by atoms with Crippen molar-refractivity contribution >= 4 is 32.7 Å². The molecule has 0 bridgehead atoms. The van der Waals surface area contributed by atoms with Crippen molar-refractivity contribution in [2.45, 2.75) is 78.6 Å². The molecule has 4 nitrogen and oxygen atoms in total. The molecular formula is C62H56N3OPt-. The van der Waals surface area contributed by atoms with Gasteiger partial charge in [-0.15, -0.1) is 35.4 Å². The second kappa shape index (κ2) is 17.2. The molecule has 8 aromatic carbocycles. The molecule has 0 saturated heterocycles. The molecule has 0 aliphatic heterocycles. The zero-order chi connectivity index (χ0) is 46.1. The summed E-state index contributed by atoms with van der Waals surface area (Å²) >= 11 is 0. The van der Waals surface area contributed by atoms with Gasteiger partial charge in [0, 0.05) is 43.9 Å². The van der Waals surface area contributed by atoms with Crippen LogP contribution in [-0.4, -0.2) is 19.6 Å². The van der Waals surface area contributed by atoms with Gasteiger partial charge >= 0.3 is 0 Å². The number of hydrogen-bond acceptors (Lipinski definition) is 3. The summed E-state index contributed by atoms with van der Waals surface area (Å²) in [5.74, 6) is 0.857. The minimum absolute atomic E-state index is 0. The molecule has 1 N–H and O–H groups in total. The van der Waals surface area contributed by atoms with Gasteiger partial charge in [-0.3, -0.25) is 9.55 Å². The number of phenols is 1. The van der Waals surface area contributed by atoms with Crippen molar-refractivity contribution in [2.75, 3.05) is 0 Å². The Balaban J connectivity index is 0.00000562. The molecule has 0 aliphatic rings. The number of nitrogens with zero attached hydrogens (tertiary/aromatic N) is 3. The van der Waals surface area contributed by atoms with E-state index in [9.17, 15) is 5.11 Å². The number of benzene rings is 8. The van der Waals surface area contributed by atoms with E-state index >= 15 is 0 Å². The average Bonchev–Trinajstić information content (AvgIpc) is 3.69. The molecule has 0 saturated carbocycles. The molecule has 10 rings (SSSR count). The summed E-state index contributed by atoms with van der Waals surface area (Å²) in [6, 6.07) is 62.2. The van der Waals surface area contributed by atoms with Crippen LogP contribution in [0.1, 0.15) is 79.0 Å². The number of pyridine rings is 1. The largest absolute Gasteiger partial charge is 0.507 e. The number of rotatable bonds is 6. The van der Waals surface area contributed by atoms with Gasteiger partial charge in [0.1, 0.15) is 11.6 Å². The van der Waals surface area contributed by atoms with Crippen molar-refractivity contribution in [1.29, 1.82) is 0 Å². The third-order valence-corrected chi connectivity index (χ3v) is 13.1. The summed E-state index contributed by atoms with van der Waals surface area (Å²) in [7, 11) is 0. The van der Waals surface area contributed by atoms with Crippen molar-refractivity contribution in [3.05, 3.63) is 193 Å². The van der Waals surface area contributed by atoms with Gasteiger partial charge in [0.2, 0.25) is 0 Å². The minimum atomic E-state index is -0.150. The first-order chi connectivity index (χ1) is 31.5. The van der Waals surface area contributed by atoms with Crippen molar-refractivity contribution in [3.8, 4) is 67.3 Å². The van der Waals surface area contributed by atoms with Crippen LogP contribution in [0.2, 0.25) is 0 Å². The van der Waals surface area contributed by atoms with Crippen LogP contribution in [0.25, 0.3) is 94.3 Å². The van der Waals surface area contributed by atoms with Gasteiger partial charge in [-0.25, -0.2) is 4.98 Å². The molecule has 0 spiro atoms. The maximum absolute atomic E-state index is 11.8. The Hall–Kier alpha value is -6.61. The van der Waals surface area contributed by atoms with Gasteiger partial charge in [-0.2, -0.15) is 0 Å². The summed E-state index contributed by atoms with van der Waals surface area (Å²) < 4.78 is 2.23. The summed E-state index contributed by atoms with van der Waals surface area (Å²) in [6.07, 6.45) is 1.93. The maximum Gasteiger partial charge on any atom is 0.148 e. The van der Waals surface area contributed by atoms with Gasteiger partial charge in [0.25, 0.3) is 0 Å². The molecule has 0 radical (unpaired) electrons. The Morgan fingerprint density at radius 2 is 1.09 bits per heavy atom. The quantitative estimate of drug-likeness (QED) is 0.169. The van der Waals surface area contributed by atoms with Crippen molar-refractivity contribution in [3.63, 3.8) is 0 Å². The first-order valence-corrected chi connectivity index (χ1v) is 23.0. The van der Waals surface area contributed by atoms with E-state index in [4.69, 9.17) is 9.97 Å². The fourth-order valence-electron chi connectivity index (χ4n) is 9.20. The summed E-state index contributed by atoms with van der Waals surface area (Å²) in [6.45, 7) is 20.1. The average molecular weight is 1050 g/mol. The second-order valence-electron chi connectivity index (χ2n) is 20.9. The monoisotopic (exact) mass is 1050 g/mol. The fourth-order valence-corrected chi connectivity index (χ4v) is 9.20. The van der Waals surface area contributed by atoms with Crippen molar-refractivity contribution in [2.24, 2.45) is 0 Å². The van der Waals surface area contributed by atoms with Crippen LogP contribution >= 0.6 is 0 Å². The van der Waals surface area contributed by atoms with Crippen LogP contribution < -0.4 is 0 Å². The van der Waals surface area contributed by atoms with Gasteiger partial charge in [0.15, 0.2) is 0 Å². The Labute approximate surface area is 409 Å². The SMILES string of the molecule is CC(C)(C)c1ccc(-n2c(-c3cc(C(C)(C)C)ccc3O)nc3c(-c4[c-]c(-c5cc(C(C)(C)C)cc6c(-c7ccccc7)ccnc56)ccc4)cc(-c4ccc5ccccc5c4)cc32)cc1.[Pt]. The number of aromatic nitrogens is 3. The Kier molecular flexibility index (Phi) is 11.7. The van der Waals surface area contributed by atoms with E-state index in [1.165, 1.54) is 21.9 Å². The predicted molar refractivity (Wildman–Crippen MR) is 278 cm³/mol. The standard InChI is InChI=1S/C62H56N3O.Pt/c1-60(2,3)46-24-27-49(28-25-46)65-55-35-45(42-23-22-39-16-13-14-19-41(39)32-42)34-51(58(55)64-59(65)54-36-47(61(4,5)6)26-29-56(54)66)43-20-15-21-44(33-43)52-37-48(62(7,8)9)38-53-50(30-31-63-57(52)53)40-17-11-10-12-18-40;/h10-32,34-38,66H,1-9H3;/q-1;. The molecule has 0 fully saturated rings. The van der Waals surface area contributed by atoms with E-state index in [1.807, 2.05) is 18.3 Å². The van der Waals surface area contributed by atoms with Crippen LogP contribution in [0, 0.1) is 6.07 Å². The van der Waals surface area contributed by atoms with Gasteiger partial charge < -0.3 is 5.11 Å². The second-order valence-corrected chi connectivity index (χ2v) is 20.9. The smallest absolute Gasteiger partial charge is 0.148 e. The first-order valence-electron chi connectivity index (χ1n) is 23.0.